The van der Waals surface area contributed by atoms with Crippen LogP contribution in [0.1, 0.15) is 61.8 Å². The molecule has 0 amide bonds. The topological polar surface area (TPSA) is 12.5 Å². The quantitative estimate of drug-likeness (QED) is 0.633. The van der Waals surface area contributed by atoms with E-state index in [1.54, 1.807) is 0 Å². The van der Waals surface area contributed by atoms with Crippen LogP contribution in [0, 0.1) is 0 Å². The SMILES string of the molecule is CC(C)c1cc(Cc2ccccc2)cc(C(C)C)c1OCCN(C)C. The molecular formula is C23H33NO. The fraction of sp³-hybridized carbons (Fsp3) is 0.478. The van der Waals surface area contributed by atoms with Crippen LogP contribution in [0.25, 0.3) is 0 Å². The molecule has 0 fully saturated rings. The van der Waals surface area contributed by atoms with Crippen molar-refractivity contribution < 1.29 is 4.74 Å². The van der Waals surface area contributed by atoms with E-state index in [2.05, 4.69) is 89.2 Å². The maximum absolute atomic E-state index is 6.27. The van der Waals surface area contributed by atoms with E-state index >= 15 is 0 Å². The summed E-state index contributed by atoms with van der Waals surface area (Å²) in [5.41, 5.74) is 5.39. The summed E-state index contributed by atoms with van der Waals surface area (Å²) in [7, 11) is 4.16. The zero-order chi connectivity index (χ0) is 18.4. The molecule has 2 aromatic rings. The highest BCUT2D eigenvalue weighted by atomic mass is 16.5. The molecule has 2 rings (SSSR count). The minimum atomic E-state index is 0.447. The van der Waals surface area contributed by atoms with Crippen molar-refractivity contribution in [1.29, 1.82) is 0 Å². The molecule has 0 saturated carbocycles. The van der Waals surface area contributed by atoms with Crippen molar-refractivity contribution in [2.24, 2.45) is 0 Å². The molecule has 0 bridgehead atoms. The Morgan fingerprint density at radius 1 is 0.840 bits per heavy atom. The van der Waals surface area contributed by atoms with Gasteiger partial charge in [0, 0.05) is 6.54 Å². The fourth-order valence-electron chi connectivity index (χ4n) is 3.03. The van der Waals surface area contributed by atoms with Gasteiger partial charge in [-0.3, -0.25) is 0 Å². The van der Waals surface area contributed by atoms with Gasteiger partial charge in [0.15, 0.2) is 0 Å². The first-order valence-corrected chi connectivity index (χ1v) is 9.36. The molecule has 2 heteroatoms. The van der Waals surface area contributed by atoms with Gasteiger partial charge in [0.05, 0.1) is 0 Å². The van der Waals surface area contributed by atoms with Gasteiger partial charge in [-0.15, -0.1) is 0 Å². The number of hydrogen-bond acceptors (Lipinski definition) is 2. The summed E-state index contributed by atoms with van der Waals surface area (Å²) < 4.78 is 6.27. The molecule has 0 saturated heterocycles. The van der Waals surface area contributed by atoms with E-state index in [0.717, 1.165) is 25.3 Å². The summed E-state index contributed by atoms with van der Waals surface area (Å²) in [5, 5.41) is 0. The Bertz CT molecular complexity index is 630. The minimum Gasteiger partial charge on any atom is -0.492 e. The number of hydrogen-bond donors (Lipinski definition) is 0. The molecule has 2 nitrogen and oxygen atoms in total. The lowest BCUT2D eigenvalue weighted by Gasteiger charge is -2.22. The highest BCUT2D eigenvalue weighted by Gasteiger charge is 2.17. The Kier molecular flexibility index (Phi) is 7.07. The summed E-state index contributed by atoms with van der Waals surface area (Å²) in [5.74, 6) is 1.99. The highest BCUT2D eigenvalue weighted by Crippen LogP contribution is 2.36. The van der Waals surface area contributed by atoms with E-state index in [9.17, 15) is 0 Å². The van der Waals surface area contributed by atoms with Gasteiger partial charge in [-0.1, -0.05) is 70.2 Å². The van der Waals surface area contributed by atoms with Gasteiger partial charge in [0.25, 0.3) is 0 Å². The molecule has 0 spiro atoms. The van der Waals surface area contributed by atoms with Gasteiger partial charge < -0.3 is 9.64 Å². The summed E-state index contributed by atoms with van der Waals surface area (Å²) in [6.45, 7) is 10.7. The van der Waals surface area contributed by atoms with Crippen LogP contribution < -0.4 is 4.74 Å². The third kappa shape index (κ3) is 5.61. The van der Waals surface area contributed by atoms with Crippen molar-refractivity contribution in [2.75, 3.05) is 27.2 Å². The maximum Gasteiger partial charge on any atom is 0.126 e. The smallest absolute Gasteiger partial charge is 0.126 e. The monoisotopic (exact) mass is 339 g/mol. The first-order valence-electron chi connectivity index (χ1n) is 9.36. The number of ether oxygens (including phenoxy) is 1. The number of benzene rings is 2. The van der Waals surface area contributed by atoms with Gasteiger partial charge in [0.1, 0.15) is 12.4 Å². The van der Waals surface area contributed by atoms with Gasteiger partial charge >= 0.3 is 0 Å². The van der Waals surface area contributed by atoms with Crippen molar-refractivity contribution in [3.8, 4) is 5.75 Å². The van der Waals surface area contributed by atoms with Gasteiger partial charge in [-0.25, -0.2) is 0 Å². The molecule has 0 N–H and O–H groups in total. The normalized spacial score (nSPS) is 11.6. The molecule has 0 aliphatic carbocycles. The molecule has 0 aliphatic heterocycles. The maximum atomic E-state index is 6.27. The van der Waals surface area contributed by atoms with Crippen molar-refractivity contribution in [1.82, 2.24) is 4.90 Å². The molecule has 0 atom stereocenters. The van der Waals surface area contributed by atoms with Crippen LogP contribution in [0.2, 0.25) is 0 Å². The Balaban J connectivity index is 2.37. The van der Waals surface area contributed by atoms with Crippen LogP contribution in [-0.2, 0) is 6.42 Å². The lowest BCUT2D eigenvalue weighted by molar-refractivity contribution is 0.256. The predicted octanol–water partition coefficient (Wildman–Crippen LogP) is 5.46. The first kappa shape index (κ1) is 19.5. The second-order valence-corrected chi connectivity index (χ2v) is 7.73. The van der Waals surface area contributed by atoms with Crippen LogP contribution in [-0.4, -0.2) is 32.1 Å². The molecular weight excluding hydrogens is 306 g/mol. The fourth-order valence-corrected chi connectivity index (χ4v) is 3.03. The number of nitrogens with zero attached hydrogens (tertiary/aromatic N) is 1. The van der Waals surface area contributed by atoms with E-state index in [-0.39, 0.29) is 0 Å². The standard InChI is InChI=1S/C23H33NO/c1-17(2)21-15-20(14-19-10-8-7-9-11-19)16-22(18(3)4)23(21)25-13-12-24(5)6/h7-11,15-18H,12-14H2,1-6H3. The van der Waals surface area contributed by atoms with E-state index in [1.807, 2.05) is 0 Å². The summed E-state index contributed by atoms with van der Waals surface area (Å²) in [6, 6.07) is 15.4. The van der Waals surface area contributed by atoms with Gasteiger partial charge in [-0.2, -0.15) is 0 Å². The number of rotatable bonds is 8. The average molecular weight is 340 g/mol. The Labute approximate surface area is 153 Å². The van der Waals surface area contributed by atoms with Crippen LogP contribution in [0.15, 0.2) is 42.5 Å². The van der Waals surface area contributed by atoms with Gasteiger partial charge in [-0.05, 0) is 54.6 Å². The van der Waals surface area contributed by atoms with Crippen molar-refractivity contribution in [3.63, 3.8) is 0 Å². The summed E-state index contributed by atoms with van der Waals surface area (Å²) in [6.07, 6.45) is 0.970. The zero-order valence-electron chi connectivity index (χ0n) is 16.7. The van der Waals surface area contributed by atoms with E-state index < -0.39 is 0 Å². The van der Waals surface area contributed by atoms with Crippen LogP contribution in [0.3, 0.4) is 0 Å². The molecule has 25 heavy (non-hydrogen) atoms. The third-order valence-electron chi connectivity index (χ3n) is 4.49. The predicted molar refractivity (Wildman–Crippen MR) is 108 cm³/mol. The largest absolute Gasteiger partial charge is 0.492 e. The van der Waals surface area contributed by atoms with Crippen LogP contribution in [0.5, 0.6) is 5.75 Å². The summed E-state index contributed by atoms with van der Waals surface area (Å²) >= 11 is 0. The Morgan fingerprint density at radius 3 is 1.88 bits per heavy atom. The Morgan fingerprint density at radius 2 is 1.40 bits per heavy atom. The lowest BCUT2D eigenvalue weighted by Crippen LogP contribution is -2.20. The first-order chi connectivity index (χ1) is 11.9. The van der Waals surface area contributed by atoms with Crippen LogP contribution >= 0.6 is 0 Å². The van der Waals surface area contributed by atoms with E-state index in [1.165, 1.54) is 22.3 Å². The molecule has 0 radical (unpaired) electrons. The van der Waals surface area contributed by atoms with Crippen LogP contribution in [0.4, 0.5) is 0 Å². The second kappa shape index (κ2) is 9.05. The van der Waals surface area contributed by atoms with Gasteiger partial charge in [0.2, 0.25) is 0 Å². The average Bonchev–Trinajstić information content (AvgIpc) is 2.55. The van der Waals surface area contributed by atoms with Crippen molar-refractivity contribution in [3.05, 3.63) is 64.7 Å². The number of likely N-dealkylation sites (N-methyl/N-ethyl adjacent to an activating group) is 1. The Hall–Kier alpha value is -1.80. The van der Waals surface area contributed by atoms with E-state index in [0.29, 0.717) is 11.8 Å². The third-order valence-corrected chi connectivity index (χ3v) is 4.49. The van der Waals surface area contributed by atoms with Crippen molar-refractivity contribution >= 4 is 0 Å². The molecule has 0 heterocycles. The highest BCUT2D eigenvalue weighted by molar-refractivity contribution is 5.49. The molecule has 2 aromatic carbocycles. The van der Waals surface area contributed by atoms with E-state index in [4.69, 9.17) is 4.74 Å². The molecule has 0 unspecified atom stereocenters. The lowest BCUT2D eigenvalue weighted by atomic mass is 9.89. The molecule has 0 aromatic heterocycles. The zero-order valence-corrected chi connectivity index (χ0v) is 16.7. The molecule has 136 valence electrons. The molecule has 0 aliphatic rings. The van der Waals surface area contributed by atoms with Crippen molar-refractivity contribution in [2.45, 2.75) is 46.0 Å². The second-order valence-electron chi connectivity index (χ2n) is 7.73. The minimum absolute atomic E-state index is 0.447. The summed E-state index contributed by atoms with van der Waals surface area (Å²) in [4.78, 5) is 2.16.